The highest BCUT2D eigenvalue weighted by Gasteiger charge is 2.05. The third-order valence-electron chi connectivity index (χ3n) is 2.87. The zero-order chi connectivity index (χ0) is 14.1. The van der Waals surface area contributed by atoms with Gasteiger partial charge >= 0.3 is 0 Å². The standard InChI is InChI=1S/C15H25NO3/c1-12-9-14(11-16)10-13(2)15(12)19-8-7-18-6-4-5-17-3/h9-10H,4-8,11,16H2,1-3H3. The lowest BCUT2D eigenvalue weighted by Gasteiger charge is -2.13. The molecule has 0 fully saturated rings. The monoisotopic (exact) mass is 267 g/mol. The number of benzene rings is 1. The molecule has 108 valence electrons. The third-order valence-corrected chi connectivity index (χ3v) is 2.87. The fraction of sp³-hybridized carbons (Fsp3) is 0.600. The van der Waals surface area contributed by atoms with Crippen LogP contribution in [0, 0.1) is 13.8 Å². The Morgan fingerprint density at radius 1 is 1.00 bits per heavy atom. The van der Waals surface area contributed by atoms with Gasteiger partial charge in [0.2, 0.25) is 0 Å². The van der Waals surface area contributed by atoms with Crippen LogP contribution in [0.25, 0.3) is 0 Å². The predicted octanol–water partition coefficient (Wildman–Crippen LogP) is 2.19. The molecule has 0 bridgehead atoms. The molecule has 0 aliphatic rings. The van der Waals surface area contributed by atoms with Gasteiger partial charge < -0.3 is 19.9 Å². The number of ether oxygens (including phenoxy) is 3. The zero-order valence-corrected chi connectivity index (χ0v) is 12.2. The Hall–Kier alpha value is -1.10. The fourth-order valence-electron chi connectivity index (χ4n) is 2.00. The van der Waals surface area contributed by atoms with Crippen LogP contribution in [0.15, 0.2) is 12.1 Å². The summed E-state index contributed by atoms with van der Waals surface area (Å²) in [7, 11) is 1.69. The molecule has 0 aliphatic carbocycles. The molecule has 0 aliphatic heterocycles. The topological polar surface area (TPSA) is 53.7 Å². The summed E-state index contributed by atoms with van der Waals surface area (Å²) in [5.74, 6) is 0.942. The highest BCUT2D eigenvalue weighted by Crippen LogP contribution is 2.24. The van der Waals surface area contributed by atoms with Crippen molar-refractivity contribution in [1.82, 2.24) is 0 Å². The average molecular weight is 267 g/mol. The molecule has 1 aromatic rings. The fourth-order valence-corrected chi connectivity index (χ4v) is 2.00. The smallest absolute Gasteiger partial charge is 0.125 e. The van der Waals surface area contributed by atoms with Gasteiger partial charge in [0.25, 0.3) is 0 Å². The molecule has 0 heterocycles. The van der Waals surface area contributed by atoms with Crippen molar-refractivity contribution in [3.8, 4) is 5.75 Å². The largest absolute Gasteiger partial charge is 0.491 e. The summed E-state index contributed by atoms with van der Waals surface area (Å²) < 4.78 is 16.2. The van der Waals surface area contributed by atoms with E-state index in [1.165, 1.54) is 0 Å². The van der Waals surface area contributed by atoms with Crippen molar-refractivity contribution in [3.63, 3.8) is 0 Å². The maximum Gasteiger partial charge on any atom is 0.125 e. The Morgan fingerprint density at radius 3 is 2.26 bits per heavy atom. The van der Waals surface area contributed by atoms with E-state index in [-0.39, 0.29) is 0 Å². The SMILES string of the molecule is COCCCOCCOc1c(C)cc(CN)cc1C. The first-order valence-electron chi connectivity index (χ1n) is 6.68. The molecular weight excluding hydrogens is 242 g/mol. The summed E-state index contributed by atoms with van der Waals surface area (Å²) in [5.41, 5.74) is 9.03. The lowest BCUT2D eigenvalue weighted by Crippen LogP contribution is -2.10. The van der Waals surface area contributed by atoms with E-state index in [1.54, 1.807) is 7.11 Å². The normalized spacial score (nSPS) is 10.7. The summed E-state index contributed by atoms with van der Waals surface area (Å²) in [6.07, 6.45) is 0.916. The molecule has 0 aromatic heterocycles. The Bertz CT molecular complexity index is 357. The maximum absolute atomic E-state index is 5.78. The van der Waals surface area contributed by atoms with Gasteiger partial charge in [0.15, 0.2) is 0 Å². The van der Waals surface area contributed by atoms with Crippen molar-refractivity contribution in [2.45, 2.75) is 26.8 Å². The van der Waals surface area contributed by atoms with Crippen LogP contribution >= 0.6 is 0 Å². The van der Waals surface area contributed by atoms with Gasteiger partial charge in [-0.05, 0) is 37.0 Å². The first kappa shape index (κ1) is 16.0. The molecule has 1 aromatic carbocycles. The van der Waals surface area contributed by atoms with Crippen molar-refractivity contribution < 1.29 is 14.2 Å². The number of hydrogen-bond donors (Lipinski definition) is 1. The number of hydrogen-bond acceptors (Lipinski definition) is 4. The second-order valence-corrected chi connectivity index (χ2v) is 4.57. The molecule has 0 atom stereocenters. The summed E-state index contributed by atoms with van der Waals surface area (Å²) >= 11 is 0. The highest BCUT2D eigenvalue weighted by atomic mass is 16.5. The number of rotatable bonds is 9. The van der Waals surface area contributed by atoms with Crippen LogP contribution in [0.5, 0.6) is 5.75 Å². The zero-order valence-electron chi connectivity index (χ0n) is 12.2. The second kappa shape index (κ2) is 8.91. The Labute approximate surface area is 115 Å². The molecule has 1 rings (SSSR count). The molecule has 0 saturated heterocycles. The molecule has 0 radical (unpaired) electrons. The van der Waals surface area contributed by atoms with Gasteiger partial charge in [0, 0.05) is 26.9 Å². The molecular formula is C15H25NO3. The minimum absolute atomic E-state index is 0.560. The minimum Gasteiger partial charge on any atom is -0.491 e. The van der Waals surface area contributed by atoms with E-state index in [0.717, 1.165) is 35.5 Å². The van der Waals surface area contributed by atoms with E-state index in [2.05, 4.69) is 12.1 Å². The summed E-state index contributed by atoms with van der Waals surface area (Å²) in [5, 5.41) is 0. The van der Waals surface area contributed by atoms with Gasteiger partial charge in [-0.3, -0.25) is 0 Å². The molecule has 0 amide bonds. The van der Waals surface area contributed by atoms with Crippen molar-refractivity contribution >= 4 is 0 Å². The van der Waals surface area contributed by atoms with Crippen molar-refractivity contribution in [2.24, 2.45) is 5.73 Å². The van der Waals surface area contributed by atoms with Gasteiger partial charge in [-0.2, -0.15) is 0 Å². The number of methoxy groups -OCH3 is 1. The van der Waals surface area contributed by atoms with Gasteiger partial charge in [-0.1, -0.05) is 12.1 Å². The predicted molar refractivity (Wildman–Crippen MR) is 76.6 cm³/mol. The van der Waals surface area contributed by atoms with Crippen molar-refractivity contribution in [1.29, 1.82) is 0 Å². The first-order valence-corrected chi connectivity index (χ1v) is 6.68. The van der Waals surface area contributed by atoms with Gasteiger partial charge in [-0.15, -0.1) is 0 Å². The van der Waals surface area contributed by atoms with Crippen LogP contribution in [0.3, 0.4) is 0 Å². The van der Waals surface area contributed by atoms with Crippen molar-refractivity contribution in [2.75, 3.05) is 33.5 Å². The van der Waals surface area contributed by atoms with E-state index < -0.39 is 0 Å². The van der Waals surface area contributed by atoms with Crippen LogP contribution < -0.4 is 10.5 Å². The van der Waals surface area contributed by atoms with Crippen LogP contribution in [-0.2, 0) is 16.0 Å². The number of nitrogens with two attached hydrogens (primary N) is 1. The van der Waals surface area contributed by atoms with Crippen LogP contribution in [-0.4, -0.2) is 33.5 Å². The van der Waals surface area contributed by atoms with Crippen molar-refractivity contribution in [3.05, 3.63) is 28.8 Å². The van der Waals surface area contributed by atoms with Gasteiger partial charge in [0.05, 0.1) is 6.61 Å². The summed E-state index contributed by atoms with van der Waals surface area (Å²) in [6, 6.07) is 4.14. The molecule has 4 heteroatoms. The van der Waals surface area contributed by atoms with E-state index >= 15 is 0 Å². The molecule has 2 N–H and O–H groups in total. The summed E-state index contributed by atoms with van der Waals surface area (Å²) in [4.78, 5) is 0. The first-order chi connectivity index (χ1) is 9.19. The maximum atomic E-state index is 5.78. The summed E-state index contributed by atoms with van der Waals surface area (Å²) in [6.45, 7) is 7.26. The van der Waals surface area contributed by atoms with E-state index in [9.17, 15) is 0 Å². The van der Waals surface area contributed by atoms with E-state index in [1.807, 2.05) is 13.8 Å². The average Bonchev–Trinajstić information content (AvgIpc) is 2.40. The molecule has 0 spiro atoms. The quantitative estimate of drug-likeness (QED) is 0.697. The van der Waals surface area contributed by atoms with Crippen LogP contribution in [0.2, 0.25) is 0 Å². The highest BCUT2D eigenvalue weighted by molar-refractivity contribution is 5.43. The van der Waals surface area contributed by atoms with E-state index in [4.69, 9.17) is 19.9 Å². The minimum atomic E-state index is 0.560. The van der Waals surface area contributed by atoms with Crippen LogP contribution in [0.1, 0.15) is 23.1 Å². The second-order valence-electron chi connectivity index (χ2n) is 4.57. The lowest BCUT2D eigenvalue weighted by molar-refractivity contribution is 0.0803. The molecule has 19 heavy (non-hydrogen) atoms. The molecule has 0 unspecified atom stereocenters. The Morgan fingerprint density at radius 2 is 1.68 bits per heavy atom. The van der Waals surface area contributed by atoms with Gasteiger partial charge in [0.1, 0.15) is 12.4 Å². The number of aryl methyl sites for hydroxylation is 2. The van der Waals surface area contributed by atoms with Gasteiger partial charge in [-0.25, -0.2) is 0 Å². The van der Waals surface area contributed by atoms with Crippen LogP contribution in [0.4, 0.5) is 0 Å². The molecule has 4 nitrogen and oxygen atoms in total. The Balaban J connectivity index is 2.33. The van der Waals surface area contributed by atoms with E-state index in [0.29, 0.717) is 26.4 Å². The Kier molecular flexibility index (Phi) is 7.48. The third kappa shape index (κ3) is 5.59. The molecule has 0 saturated carbocycles. The lowest BCUT2D eigenvalue weighted by atomic mass is 10.1.